The van der Waals surface area contributed by atoms with E-state index in [0.29, 0.717) is 11.2 Å². The number of carbonyl (C=O) groups excluding carboxylic acids is 1. The van der Waals surface area contributed by atoms with E-state index in [1.165, 1.54) is 18.7 Å². The lowest BCUT2D eigenvalue weighted by Crippen LogP contribution is -2.29. The van der Waals surface area contributed by atoms with Crippen molar-refractivity contribution in [3.63, 3.8) is 0 Å². The van der Waals surface area contributed by atoms with Crippen LogP contribution < -0.4 is 16.6 Å². The zero-order valence-electron chi connectivity index (χ0n) is 10.2. The summed E-state index contributed by atoms with van der Waals surface area (Å²) < 4.78 is 0. The third-order valence-electron chi connectivity index (χ3n) is 1.96. The number of nitrogens with zero attached hydrogens (tertiary/aromatic N) is 1. The van der Waals surface area contributed by atoms with Gasteiger partial charge in [0.25, 0.3) is 0 Å². The van der Waals surface area contributed by atoms with Gasteiger partial charge in [-0.25, -0.2) is 5.43 Å². The van der Waals surface area contributed by atoms with Crippen LogP contribution in [0.25, 0.3) is 0 Å². The van der Waals surface area contributed by atoms with Gasteiger partial charge in [0.1, 0.15) is 0 Å². The fourth-order valence-electron chi connectivity index (χ4n) is 1.17. The Labute approximate surface area is 126 Å². The van der Waals surface area contributed by atoms with Gasteiger partial charge in [-0.05, 0) is 11.0 Å². The minimum Gasteiger partial charge on any atom is -0.423 e. The third kappa shape index (κ3) is 7.21. The van der Waals surface area contributed by atoms with Gasteiger partial charge in [-0.3, -0.25) is 4.79 Å². The SMILES string of the molecule is Br.CC(=O)NN=C(N)SCc1cccc(B(O)O)c1. The van der Waals surface area contributed by atoms with Gasteiger partial charge in [-0.1, -0.05) is 36.0 Å². The normalized spacial score (nSPS) is 10.6. The number of nitrogens with one attached hydrogen (secondary N) is 1. The van der Waals surface area contributed by atoms with Gasteiger partial charge in [-0.15, -0.1) is 22.1 Å². The summed E-state index contributed by atoms with van der Waals surface area (Å²) in [5, 5.41) is 21.9. The molecule has 0 fully saturated rings. The van der Waals surface area contributed by atoms with Crippen molar-refractivity contribution in [2.24, 2.45) is 10.8 Å². The van der Waals surface area contributed by atoms with Crippen LogP contribution in [-0.2, 0) is 10.5 Å². The number of thioether (sulfide) groups is 1. The Hall–Kier alpha value is -1.03. The van der Waals surface area contributed by atoms with Crippen molar-refractivity contribution in [3.05, 3.63) is 29.8 Å². The fraction of sp³-hybridized carbons (Fsp3) is 0.200. The molecule has 0 saturated carbocycles. The van der Waals surface area contributed by atoms with Crippen LogP contribution in [0.15, 0.2) is 29.4 Å². The summed E-state index contributed by atoms with van der Waals surface area (Å²) in [6, 6.07) is 6.85. The van der Waals surface area contributed by atoms with Crippen molar-refractivity contribution in [2.45, 2.75) is 12.7 Å². The van der Waals surface area contributed by atoms with Crippen molar-refractivity contribution in [1.82, 2.24) is 5.43 Å². The van der Waals surface area contributed by atoms with Crippen LogP contribution in [0, 0.1) is 0 Å². The number of hydrazone groups is 1. The lowest BCUT2D eigenvalue weighted by Gasteiger charge is -2.04. The number of hydrogen-bond acceptors (Lipinski definition) is 5. The number of benzene rings is 1. The molecule has 0 bridgehead atoms. The highest BCUT2D eigenvalue weighted by atomic mass is 79.9. The largest absolute Gasteiger partial charge is 0.488 e. The molecule has 19 heavy (non-hydrogen) atoms. The standard InChI is InChI=1S/C10H14BN3O3S.BrH/c1-7(15)13-14-10(12)18-6-8-3-2-4-9(5-8)11(16)17;/h2-5,16-17H,6H2,1H3,(H2,12,14)(H,13,15);1H. The fourth-order valence-corrected chi connectivity index (χ4v) is 1.77. The van der Waals surface area contributed by atoms with Gasteiger partial charge in [0.15, 0.2) is 5.17 Å². The highest BCUT2D eigenvalue weighted by molar-refractivity contribution is 8.93. The number of amidine groups is 1. The van der Waals surface area contributed by atoms with Crippen molar-refractivity contribution in [1.29, 1.82) is 0 Å². The van der Waals surface area contributed by atoms with Crippen molar-refractivity contribution in [3.8, 4) is 0 Å². The predicted octanol–water partition coefficient (Wildman–Crippen LogP) is -0.457. The Morgan fingerprint density at radius 3 is 2.79 bits per heavy atom. The minimum atomic E-state index is -1.49. The van der Waals surface area contributed by atoms with Crippen molar-refractivity contribution in [2.75, 3.05) is 0 Å². The monoisotopic (exact) mass is 347 g/mol. The molecule has 9 heteroatoms. The Balaban J connectivity index is 0.00000324. The lowest BCUT2D eigenvalue weighted by atomic mass is 9.80. The van der Waals surface area contributed by atoms with Crippen LogP contribution in [0.4, 0.5) is 0 Å². The number of amides is 1. The Morgan fingerprint density at radius 2 is 2.21 bits per heavy atom. The molecule has 1 aromatic rings. The first-order valence-corrected chi connectivity index (χ1v) is 6.15. The maximum Gasteiger partial charge on any atom is 0.488 e. The molecule has 0 atom stereocenters. The molecule has 1 rings (SSSR count). The van der Waals surface area contributed by atoms with Crippen LogP contribution in [0.1, 0.15) is 12.5 Å². The molecule has 1 amide bonds. The summed E-state index contributed by atoms with van der Waals surface area (Å²) in [7, 11) is -1.49. The van der Waals surface area contributed by atoms with E-state index in [2.05, 4.69) is 10.5 Å². The molecule has 0 spiro atoms. The maximum atomic E-state index is 10.6. The zero-order valence-corrected chi connectivity index (χ0v) is 12.8. The Morgan fingerprint density at radius 1 is 1.53 bits per heavy atom. The number of halogens is 1. The van der Waals surface area contributed by atoms with Gasteiger partial charge in [0.2, 0.25) is 5.91 Å². The van der Waals surface area contributed by atoms with Crippen LogP contribution in [0.2, 0.25) is 0 Å². The van der Waals surface area contributed by atoms with Gasteiger partial charge >= 0.3 is 7.12 Å². The van der Waals surface area contributed by atoms with Gasteiger partial charge in [0, 0.05) is 12.7 Å². The summed E-state index contributed by atoms with van der Waals surface area (Å²) in [5.74, 6) is 0.235. The Kier molecular flexibility index (Phi) is 8.49. The first-order valence-electron chi connectivity index (χ1n) is 5.16. The molecule has 0 aliphatic heterocycles. The van der Waals surface area contributed by atoms with E-state index in [9.17, 15) is 4.79 Å². The molecular formula is C10H15BBrN3O3S. The number of carbonyl (C=O) groups is 1. The zero-order chi connectivity index (χ0) is 13.5. The second-order valence-electron chi connectivity index (χ2n) is 3.53. The van der Waals surface area contributed by atoms with Crippen LogP contribution >= 0.6 is 28.7 Å². The van der Waals surface area contributed by atoms with E-state index >= 15 is 0 Å². The van der Waals surface area contributed by atoms with Crippen LogP contribution in [0.3, 0.4) is 0 Å². The summed E-state index contributed by atoms with van der Waals surface area (Å²) in [4.78, 5) is 10.6. The minimum absolute atomic E-state index is 0. The highest BCUT2D eigenvalue weighted by Gasteiger charge is 2.10. The average Bonchev–Trinajstić information content (AvgIpc) is 2.34. The Bertz CT molecular complexity index is 459. The molecule has 1 aromatic carbocycles. The van der Waals surface area contributed by atoms with E-state index in [-0.39, 0.29) is 28.1 Å². The molecular weight excluding hydrogens is 333 g/mol. The molecule has 0 aliphatic rings. The van der Waals surface area contributed by atoms with Crippen LogP contribution in [-0.4, -0.2) is 28.2 Å². The first-order chi connectivity index (χ1) is 8.49. The quantitative estimate of drug-likeness (QED) is 0.255. The number of hydrogen-bond donors (Lipinski definition) is 4. The van der Waals surface area contributed by atoms with Gasteiger partial charge in [-0.2, -0.15) is 0 Å². The molecule has 6 nitrogen and oxygen atoms in total. The number of nitrogens with two attached hydrogens (primary N) is 1. The van der Waals surface area contributed by atoms with E-state index < -0.39 is 7.12 Å². The number of rotatable bonds is 4. The van der Waals surface area contributed by atoms with E-state index in [0.717, 1.165) is 5.56 Å². The lowest BCUT2D eigenvalue weighted by molar-refractivity contribution is -0.118. The summed E-state index contributed by atoms with van der Waals surface area (Å²) in [6.07, 6.45) is 0. The third-order valence-corrected chi connectivity index (χ3v) is 2.82. The molecule has 5 N–H and O–H groups in total. The van der Waals surface area contributed by atoms with Gasteiger partial charge < -0.3 is 15.8 Å². The molecule has 0 radical (unpaired) electrons. The van der Waals surface area contributed by atoms with Crippen LogP contribution in [0.5, 0.6) is 0 Å². The topological polar surface area (TPSA) is 108 Å². The van der Waals surface area contributed by atoms with Gasteiger partial charge in [0.05, 0.1) is 0 Å². The first kappa shape index (κ1) is 18.0. The summed E-state index contributed by atoms with van der Waals surface area (Å²) in [5.41, 5.74) is 9.10. The van der Waals surface area contributed by atoms with E-state index in [1.807, 2.05) is 6.07 Å². The molecule has 104 valence electrons. The highest BCUT2D eigenvalue weighted by Crippen LogP contribution is 2.10. The second-order valence-corrected chi connectivity index (χ2v) is 4.52. The van der Waals surface area contributed by atoms with Crippen molar-refractivity contribution >= 4 is 52.4 Å². The second kappa shape index (κ2) is 8.97. The maximum absolute atomic E-state index is 10.6. The summed E-state index contributed by atoms with van der Waals surface area (Å²) >= 11 is 1.24. The molecule has 0 aliphatic carbocycles. The van der Waals surface area contributed by atoms with E-state index in [4.69, 9.17) is 15.8 Å². The van der Waals surface area contributed by atoms with Crippen molar-refractivity contribution < 1.29 is 14.8 Å². The molecule has 0 unspecified atom stereocenters. The molecule has 0 saturated heterocycles. The molecule has 0 aromatic heterocycles. The van der Waals surface area contributed by atoms with E-state index in [1.54, 1.807) is 18.2 Å². The molecule has 0 heterocycles. The smallest absolute Gasteiger partial charge is 0.423 e. The predicted molar refractivity (Wildman–Crippen MR) is 83.3 cm³/mol. The summed E-state index contributed by atoms with van der Waals surface area (Å²) in [6.45, 7) is 1.34. The average molecular weight is 348 g/mol.